The van der Waals surface area contributed by atoms with Gasteiger partial charge in [-0.25, -0.2) is 0 Å². The van der Waals surface area contributed by atoms with Crippen LogP contribution in [0.3, 0.4) is 0 Å². The van der Waals surface area contributed by atoms with Gasteiger partial charge in [0.15, 0.2) is 0 Å². The number of aromatic amines is 2. The first-order chi connectivity index (χ1) is 13.7. The summed E-state index contributed by atoms with van der Waals surface area (Å²) in [5, 5.41) is 5.10. The quantitative estimate of drug-likeness (QED) is 0.292. The van der Waals surface area contributed by atoms with Gasteiger partial charge in [-0.3, -0.25) is 0 Å². The number of benzene rings is 4. The van der Waals surface area contributed by atoms with Crippen molar-refractivity contribution >= 4 is 59.5 Å². The molecule has 0 unspecified atom stereocenters. The number of hydrogen-bond donors (Lipinski definition) is 2. The van der Waals surface area contributed by atoms with Gasteiger partial charge in [-0.1, -0.05) is 58.4 Å². The van der Waals surface area contributed by atoms with Gasteiger partial charge in [0.1, 0.15) is 0 Å². The number of nitrogens with one attached hydrogen (secondary N) is 2. The second-order valence-corrected chi connectivity index (χ2v) is 8.34. The fraction of sp³-hybridized carbons (Fsp3) is 0.0400. The molecule has 0 aliphatic carbocycles. The highest BCUT2D eigenvalue weighted by Crippen LogP contribution is 2.30. The van der Waals surface area contributed by atoms with Gasteiger partial charge in [0, 0.05) is 48.1 Å². The second-order valence-electron chi connectivity index (χ2n) is 7.42. The molecular formula is C25H17BrN2. The van der Waals surface area contributed by atoms with Crippen molar-refractivity contribution in [3.8, 4) is 0 Å². The van der Waals surface area contributed by atoms with Gasteiger partial charge < -0.3 is 9.97 Å². The maximum absolute atomic E-state index is 3.58. The van der Waals surface area contributed by atoms with Crippen molar-refractivity contribution in [1.82, 2.24) is 9.97 Å². The Balaban J connectivity index is 1.42. The normalized spacial score (nSPS) is 11.9. The van der Waals surface area contributed by atoms with Crippen LogP contribution in [0.15, 0.2) is 83.3 Å². The summed E-state index contributed by atoms with van der Waals surface area (Å²) in [6, 6.07) is 28.4. The average molecular weight is 425 g/mol. The summed E-state index contributed by atoms with van der Waals surface area (Å²) in [4.78, 5) is 7.10. The topological polar surface area (TPSA) is 31.6 Å². The Labute approximate surface area is 170 Å². The molecule has 4 aromatic carbocycles. The van der Waals surface area contributed by atoms with Crippen LogP contribution >= 0.6 is 15.9 Å². The molecule has 2 nitrogen and oxygen atoms in total. The zero-order valence-electron chi connectivity index (χ0n) is 15.1. The highest BCUT2D eigenvalue weighted by Gasteiger charge is 2.08. The first-order valence-corrected chi connectivity index (χ1v) is 10.2. The van der Waals surface area contributed by atoms with Crippen molar-refractivity contribution in [3.05, 3.63) is 94.5 Å². The lowest BCUT2D eigenvalue weighted by atomic mass is 10.0. The van der Waals surface area contributed by atoms with Crippen LogP contribution in [-0.4, -0.2) is 9.97 Å². The molecule has 0 spiro atoms. The second kappa shape index (κ2) is 5.98. The fourth-order valence-electron chi connectivity index (χ4n) is 4.28. The van der Waals surface area contributed by atoms with E-state index in [1.54, 1.807) is 0 Å². The molecule has 6 rings (SSSR count). The summed E-state index contributed by atoms with van der Waals surface area (Å²) in [6.45, 7) is 0. The molecule has 0 aliphatic rings. The fourth-order valence-corrected chi connectivity index (χ4v) is 4.64. The zero-order valence-corrected chi connectivity index (χ0v) is 16.7. The first-order valence-electron chi connectivity index (χ1n) is 9.44. The monoisotopic (exact) mass is 424 g/mol. The molecule has 2 heterocycles. The average Bonchev–Trinajstić information content (AvgIpc) is 3.25. The minimum absolute atomic E-state index is 0.917. The predicted molar refractivity (Wildman–Crippen MR) is 122 cm³/mol. The molecule has 0 bridgehead atoms. The molecule has 0 atom stereocenters. The van der Waals surface area contributed by atoms with Gasteiger partial charge in [0.25, 0.3) is 0 Å². The van der Waals surface area contributed by atoms with Crippen molar-refractivity contribution < 1.29 is 0 Å². The van der Waals surface area contributed by atoms with Crippen molar-refractivity contribution in [2.45, 2.75) is 6.42 Å². The molecule has 28 heavy (non-hydrogen) atoms. The molecule has 6 aromatic rings. The third kappa shape index (κ3) is 2.47. The van der Waals surface area contributed by atoms with Crippen LogP contribution in [0.25, 0.3) is 43.6 Å². The van der Waals surface area contributed by atoms with Crippen LogP contribution < -0.4 is 0 Å². The summed E-state index contributed by atoms with van der Waals surface area (Å²) in [6.07, 6.45) is 0.917. The molecule has 0 amide bonds. The number of hydrogen-bond acceptors (Lipinski definition) is 0. The minimum Gasteiger partial charge on any atom is -0.355 e. The Morgan fingerprint density at radius 1 is 0.536 bits per heavy atom. The van der Waals surface area contributed by atoms with E-state index in [1.807, 2.05) is 0 Å². The Bertz CT molecular complexity index is 1500. The summed E-state index contributed by atoms with van der Waals surface area (Å²) < 4.78 is 1.11. The van der Waals surface area contributed by atoms with Crippen molar-refractivity contribution in [2.75, 3.05) is 0 Å². The highest BCUT2D eigenvalue weighted by molar-refractivity contribution is 9.10. The summed E-state index contributed by atoms with van der Waals surface area (Å²) in [5.41, 5.74) is 7.40. The summed E-state index contributed by atoms with van der Waals surface area (Å²) in [5.74, 6) is 0. The molecule has 2 aromatic heterocycles. The number of fused-ring (bicyclic) bond motifs is 6. The highest BCUT2D eigenvalue weighted by atomic mass is 79.9. The number of aromatic nitrogens is 2. The summed E-state index contributed by atoms with van der Waals surface area (Å²) in [7, 11) is 0. The third-order valence-corrected chi connectivity index (χ3v) is 6.10. The first kappa shape index (κ1) is 16.0. The minimum atomic E-state index is 0.917. The molecule has 3 heteroatoms. The van der Waals surface area contributed by atoms with E-state index in [1.165, 1.54) is 54.7 Å². The maximum atomic E-state index is 3.58. The van der Waals surface area contributed by atoms with E-state index in [9.17, 15) is 0 Å². The van der Waals surface area contributed by atoms with Crippen LogP contribution in [0.1, 0.15) is 11.1 Å². The number of rotatable bonds is 2. The Hall–Kier alpha value is -3.04. The van der Waals surface area contributed by atoms with Crippen LogP contribution in [0, 0.1) is 0 Å². The standard InChI is InChI=1S/C25H17BrN2/c26-17-7-10-23-21(14-17)20-9-6-16(13-25(20)28-23)11-15-5-8-19-18-3-1-2-4-22(18)27-24(19)12-15/h1-10,12-14,27-28H,11H2. The van der Waals surface area contributed by atoms with Crippen molar-refractivity contribution in [2.24, 2.45) is 0 Å². The van der Waals surface area contributed by atoms with Crippen LogP contribution in [-0.2, 0) is 6.42 Å². The van der Waals surface area contributed by atoms with E-state index in [0.29, 0.717) is 0 Å². The molecule has 0 radical (unpaired) electrons. The Morgan fingerprint density at radius 2 is 1.14 bits per heavy atom. The maximum Gasteiger partial charge on any atom is 0.0467 e. The van der Waals surface area contributed by atoms with Crippen molar-refractivity contribution in [3.63, 3.8) is 0 Å². The van der Waals surface area contributed by atoms with E-state index in [0.717, 1.165) is 10.9 Å². The van der Waals surface area contributed by atoms with Gasteiger partial charge >= 0.3 is 0 Å². The lowest BCUT2D eigenvalue weighted by Gasteiger charge is -2.03. The lowest BCUT2D eigenvalue weighted by Crippen LogP contribution is -1.88. The van der Waals surface area contributed by atoms with Gasteiger partial charge in [-0.05, 0) is 53.9 Å². The molecule has 0 saturated carbocycles. The van der Waals surface area contributed by atoms with Gasteiger partial charge in [0.05, 0.1) is 0 Å². The molecule has 0 fully saturated rings. The van der Waals surface area contributed by atoms with E-state index in [2.05, 4.69) is 105 Å². The predicted octanol–water partition coefficient (Wildman–Crippen LogP) is 7.31. The van der Waals surface area contributed by atoms with Gasteiger partial charge in [0.2, 0.25) is 0 Å². The molecular weight excluding hydrogens is 408 g/mol. The Kier molecular flexibility index (Phi) is 3.41. The van der Waals surface area contributed by atoms with Crippen molar-refractivity contribution in [1.29, 1.82) is 0 Å². The van der Waals surface area contributed by atoms with E-state index in [4.69, 9.17) is 0 Å². The van der Waals surface area contributed by atoms with E-state index < -0.39 is 0 Å². The van der Waals surface area contributed by atoms with E-state index >= 15 is 0 Å². The number of H-pyrrole nitrogens is 2. The SMILES string of the molecule is Brc1ccc2[nH]c3cc(Cc4ccc5c(c4)[nH]c4ccccc45)ccc3c2c1. The van der Waals surface area contributed by atoms with Crippen LogP contribution in [0.4, 0.5) is 0 Å². The molecule has 0 aliphatic heterocycles. The van der Waals surface area contributed by atoms with Crippen LogP contribution in [0.2, 0.25) is 0 Å². The number of para-hydroxylation sites is 1. The summed E-state index contributed by atoms with van der Waals surface area (Å²) >= 11 is 3.58. The Morgan fingerprint density at radius 3 is 1.89 bits per heavy atom. The number of halogens is 1. The smallest absolute Gasteiger partial charge is 0.0467 e. The van der Waals surface area contributed by atoms with Gasteiger partial charge in [-0.15, -0.1) is 0 Å². The third-order valence-electron chi connectivity index (χ3n) is 5.60. The lowest BCUT2D eigenvalue weighted by molar-refractivity contribution is 1.20. The molecule has 0 saturated heterocycles. The molecule has 2 N–H and O–H groups in total. The van der Waals surface area contributed by atoms with Crippen LogP contribution in [0.5, 0.6) is 0 Å². The zero-order chi connectivity index (χ0) is 18.7. The van der Waals surface area contributed by atoms with E-state index in [-0.39, 0.29) is 0 Å². The molecule has 134 valence electrons. The largest absolute Gasteiger partial charge is 0.355 e. The van der Waals surface area contributed by atoms with Gasteiger partial charge in [-0.2, -0.15) is 0 Å².